The van der Waals surface area contributed by atoms with Crippen molar-refractivity contribution in [2.75, 3.05) is 0 Å². The van der Waals surface area contributed by atoms with Crippen molar-refractivity contribution < 1.29 is 44.6 Å². The molecule has 0 spiro atoms. The number of benzene rings is 4. The molecule has 0 atom stereocenters. The van der Waals surface area contributed by atoms with E-state index in [0.29, 0.717) is 16.9 Å². The fraction of sp³-hybridized carbons (Fsp3) is 0.0323. The van der Waals surface area contributed by atoms with Gasteiger partial charge < -0.3 is 44.6 Å². The van der Waals surface area contributed by atoms with E-state index in [-0.39, 0.29) is 40.9 Å². The first-order valence-electron chi connectivity index (χ1n) is 11.8. The first-order chi connectivity index (χ1) is 19.5. The molecule has 0 saturated carbocycles. The van der Waals surface area contributed by atoms with Crippen LogP contribution in [-0.2, 0) is 0 Å². The van der Waals surface area contributed by atoms with Gasteiger partial charge in [0.15, 0.2) is 33.9 Å². The summed E-state index contributed by atoms with van der Waals surface area (Å²) in [6.07, 6.45) is 0. The average Bonchev–Trinajstić information content (AvgIpc) is 2.95. The van der Waals surface area contributed by atoms with Crippen molar-refractivity contribution >= 4 is 21.9 Å². The van der Waals surface area contributed by atoms with Gasteiger partial charge in [0.1, 0.15) is 39.2 Å². The summed E-state index contributed by atoms with van der Waals surface area (Å²) in [7, 11) is 0. The summed E-state index contributed by atoms with van der Waals surface area (Å²) in [5.74, 6) is -3.48. The molecule has 0 radical (unpaired) electrons. The van der Waals surface area contributed by atoms with Gasteiger partial charge in [0, 0.05) is 35.4 Å². The average molecular weight is 573 g/mol. The number of hydrogen-bond donors (Lipinski definition) is 7. The Morgan fingerprint density at radius 3 is 1.31 bits per heavy atom. The molecule has 0 amide bonds. The highest BCUT2D eigenvalue weighted by Crippen LogP contribution is 2.41. The van der Waals surface area contributed by atoms with E-state index in [4.69, 9.17) is 8.83 Å². The Kier molecular flexibility index (Phi) is 7.69. The van der Waals surface area contributed by atoms with Crippen LogP contribution in [0.5, 0.6) is 40.2 Å². The highest BCUT2D eigenvalue weighted by Gasteiger charge is 2.18. The lowest BCUT2D eigenvalue weighted by molar-refractivity contribution is 0.370. The van der Waals surface area contributed by atoms with E-state index in [9.17, 15) is 45.3 Å². The predicted molar refractivity (Wildman–Crippen MR) is 154 cm³/mol. The smallest absolute Gasteiger partial charge is 0.201 e. The van der Waals surface area contributed by atoms with Gasteiger partial charge in [-0.25, -0.2) is 0 Å². The fourth-order valence-corrected chi connectivity index (χ4v) is 4.07. The van der Waals surface area contributed by atoms with E-state index in [1.165, 1.54) is 18.2 Å². The highest BCUT2D eigenvalue weighted by molar-refractivity contribution is 5.90. The number of phenols is 7. The number of phenolic OH excluding ortho intramolecular Hbond substituents is 7. The number of aromatic hydroxyl groups is 7. The Morgan fingerprint density at radius 2 is 0.881 bits per heavy atom. The van der Waals surface area contributed by atoms with E-state index >= 15 is 0 Å². The van der Waals surface area contributed by atoms with E-state index in [1.54, 1.807) is 36.4 Å². The largest absolute Gasteiger partial charge is 0.508 e. The molecule has 0 aliphatic carbocycles. The molecule has 0 saturated heterocycles. The summed E-state index contributed by atoms with van der Waals surface area (Å²) in [6, 6.07) is 19.5. The zero-order chi connectivity index (χ0) is 29.4. The lowest BCUT2D eigenvalue weighted by atomic mass is 10.1. The molecule has 214 valence electrons. The van der Waals surface area contributed by atoms with Crippen molar-refractivity contribution in [3.63, 3.8) is 0 Å². The zero-order valence-corrected chi connectivity index (χ0v) is 20.8. The first-order valence-corrected chi connectivity index (χ1v) is 11.8. The molecule has 6 rings (SSSR count). The first kappa shape index (κ1) is 28.9. The second-order valence-corrected chi connectivity index (χ2v) is 8.79. The summed E-state index contributed by atoms with van der Waals surface area (Å²) in [6.45, 7) is 0. The summed E-state index contributed by atoms with van der Waals surface area (Å²) in [4.78, 5) is 24.1. The summed E-state index contributed by atoms with van der Waals surface area (Å²) in [5, 5.41) is 66.1. The summed E-state index contributed by atoms with van der Waals surface area (Å²) < 4.78 is 11.0. The molecule has 0 aliphatic rings. The van der Waals surface area contributed by atoms with E-state index in [0.717, 1.165) is 18.2 Å². The third kappa shape index (κ3) is 5.21. The predicted octanol–water partition coefficient (Wildman–Crippen LogP) is 5.50. The van der Waals surface area contributed by atoms with Crippen molar-refractivity contribution in [1.29, 1.82) is 0 Å². The highest BCUT2D eigenvalue weighted by atomic mass is 16.4. The molecule has 2 aromatic heterocycles. The molecule has 0 aliphatic heterocycles. The minimum absolute atomic E-state index is 0. The van der Waals surface area contributed by atoms with E-state index < -0.39 is 45.4 Å². The second-order valence-electron chi connectivity index (χ2n) is 8.79. The fourth-order valence-electron chi connectivity index (χ4n) is 4.07. The van der Waals surface area contributed by atoms with Crippen LogP contribution in [0.1, 0.15) is 7.43 Å². The molecule has 0 bridgehead atoms. The summed E-state index contributed by atoms with van der Waals surface area (Å²) >= 11 is 0. The van der Waals surface area contributed by atoms with Gasteiger partial charge >= 0.3 is 0 Å². The number of fused-ring (bicyclic) bond motifs is 2. The van der Waals surface area contributed by atoms with E-state index in [1.807, 2.05) is 6.07 Å². The molecular formula is C31H24O11. The van der Waals surface area contributed by atoms with Crippen LogP contribution < -0.4 is 10.9 Å². The van der Waals surface area contributed by atoms with Crippen molar-refractivity contribution in [2.24, 2.45) is 0 Å². The standard InChI is InChI=1S/C15H10O6.C15H10O5.CH4/c16-8-3-1-7(2-4-8)11-5-9(17)13-12(21-11)6-10(18)14(19)15(13)20;16-9-6-11(8-4-2-1-3-5-8)20-12-7-10(17)14(18)15(19)13(9)12;/h1-6,16,18-20H;1-7,17-19H;1H4. The van der Waals surface area contributed by atoms with Gasteiger partial charge in [-0.05, 0) is 24.3 Å². The Labute approximate surface area is 236 Å². The maximum Gasteiger partial charge on any atom is 0.201 e. The second kappa shape index (κ2) is 11.2. The molecule has 7 N–H and O–H groups in total. The van der Waals surface area contributed by atoms with Gasteiger partial charge in [0.25, 0.3) is 0 Å². The van der Waals surface area contributed by atoms with E-state index in [2.05, 4.69) is 0 Å². The number of hydrogen-bond acceptors (Lipinski definition) is 11. The van der Waals surface area contributed by atoms with Gasteiger partial charge in [0.2, 0.25) is 11.5 Å². The van der Waals surface area contributed by atoms with Gasteiger partial charge in [-0.3, -0.25) is 9.59 Å². The minimum atomic E-state index is -0.771. The molecular weight excluding hydrogens is 548 g/mol. The normalized spacial score (nSPS) is 10.6. The summed E-state index contributed by atoms with van der Waals surface area (Å²) in [5.41, 5.74) is 0.116. The Morgan fingerprint density at radius 1 is 0.476 bits per heavy atom. The zero-order valence-electron chi connectivity index (χ0n) is 20.8. The van der Waals surface area contributed by atoms with Crippen LogP contribution >= 0.6 is 0 Å². The van der Waals surface area contributed by atoms with Crippen molar-refractivity contribution in [2.45, 2.75) is 7.43 Å². The third-order valence-corrected chi connectivity index (χ3v) is 6.10. The topological polar surface area (TPSA) is 202 Å². The van der Waals surface area contributed by atoms with Crippen LogP contribution in [-0.4, -0.2) is 35.7 Å². The molecule has 0 unspecified atom stereocenters. The molecule has 0 fully saturated rings. The van der Waals surface area contributed by atoms with Gasteiger partial charge in [-0.2, -0.15) is 0 Å². The van der Waals surface area contributed by atoms with Crippen molar-refractivity contribution in [3.8, 4) is 62.9 Å². The van der Waals surface area contributed by atoms with Crippen LogP contribution in [0, 0.1) is 0 Å². The SMILES string of the molecule is C.O=c1cc(-c2ccc(O)cc2)oc2cc(O)c(O)c(O)c12.O=c1cc(-c2ccccc2)oc2cc(O)c(O)c(O)c12. The van der Waals surface area contributed by atoms with Crippen LogP contribution in [0.4, 0.5) is 0 Å². The molecule has 4 aromatic carbocycles. The maximum absolute atomic E-state index is 12.1. The van der Waals surface area contributed by atoms with Gasteiger partial charge in [0.05, 0.1) is 0 Å². The van der Waals surface area contributed by atoms with Gasteiger partial charge in [-0.15, -0.1) is 0 Å². The lowest BCUT2D eigenvalue weighted by Crippen LogP contribution is -2.00. The van der Waals surface area contributed by atoms with Crippen molar-refractivity contribution in [3.05, 3.63) is 99.3 Å². The quantitative estimate of drug-likeness (QED) is 0.129. The minimum Gasteiger partial charge on any atom is -0.508 e. The monoisotopic (exact) mass is 572 g/mol. The molecule has 6 aromatic rings. The molecule has 11 heteroatoms. The van der Waals surface area contributed by atoms with Crippen LogP contribution in [0.2, 0.25) is 0 Å². The Bertz CT molecular complexity index is 2040. The van der Waals surface area contributed by atoms with Gasteiger partial charge in [-0.1, -0.05) is 37.8 Å². The van der Waals surface area contributed by atoms with Crippen LogP contribution in [0.3, 0.4) is 0 Å². The van der Waals surface area contributed by atoms with Crippen molar-refractivity contribution in [1.82, 2.24) is 0 Å². The third-order valence-electron chi connectivity index (χ3n) is 6.10. The Hall–Kier alpha value is -6.10. The molecule has 42 heavy (non-hydrogen) atoms. The maximum atomic E-state index is 12.1. The number of rotatable bonds is 2. The molecule has 2 heterocycles. The van der Waals surface area contributed by atoms with Crippen LogP contribution in [0.15, 0.2) is 97.3 Å². The Balaban J connectivity index is 0.000000189. The lowest BCUT2D eigenvalue weighted by Gasteiger charge is -2.07. The van der Waals surface area contributed by atoms with Crippen LogP contribution in [0.25, 0.3) is 44.6 Å². The molecule has 11 nitrogen and oxygen atoms in total.